The van der Waals surface area contributed by atoms with Crippen molar-refractivity contribution in [1.29, 1.82) is 0 Å². The second-order valence-electron chi connectivity index (χ2n) is 3.19. The summed E-state index contributed by atoms with van der Waals surface area (Å²) in [6.45, 7) is 12.1. The van der Waals surface area contributed by atoms with Gasteiger partial charge in [0.15, 0.2) is 0 Å². The van der Waals surface area contributed by atoms with Crippen molar-refractivity contribution in [2.75, 3.05) is 19.8 Å². The van der Waals surface area contributed by atoms with Crippen molar-refractivity contribution in [3.8, 4) is 0 Å². The highest BCUT2D eigenvalue weighted by Crippen LogP contribution is 1.98. The lowest BCUT2D eigenvalue weighted by Crippen LogP contribution is -2.12. The number of esters is 1. The quantitative estimate of drug-likeness (QED) is 0.357. The molecule has 0 aliphatic heterocycles. The zero-order chi connectivity index (χ0) is 11.0. The molecule has 0 bridgehead atoms. The van der Waals surface area contributed by atoms with Crippen LogP contribution in [0.1, 0.15) is 20.3 Å². The van der Waals surface area contributed by atoms with Gasteiger partial charge in [-0.15, -0.1) is 0 Å². The Hall–Kier alpha value is -1.09. The van der Waals surface area contributed by atoms with Gasteiger partial charge in [0.1, 0.15) is 0 Å². The van der Waals surface area contributed by atoms with Crippen LogP contribution < -0.4 is 0 Å². The van der Waals surface area contributed by atoms with Gasteiger partial charge in [0, 0.05) is 0 Å². The van der Waals surface area contributed by atoms with E-state index in [4.69, 9.17) is 9.47 Å². The molecule has 0 unspecified atom stereocenters. The highest BCUT2D eigenvalue weighted by atomic mass is 16.5. The number of carbonyl (C=O) groups is 1. The largest absolute Gasteiger partial charge is 0.462 e. The van der Waals surface area contributed by atoms with Gasteiger partial charge in [0.05, 0.1) is 25.4 Å². The van der Waals surface area contributed by atoms with Gasteiger partial charge in [0.25, 0.3) is 0 Å². The summed E-state index contributed by atoms with van der Waals surface area (Å²) in [5.41, 5.74) is 1.26. The Kier molecular flexibility index (Phi) is 6.76. The number of rotatable bonds is 7. The van der Waals surface area contributed by atoms with Crippen LogP contribution >= 0.6 is 0 Å². The Balaban J connectivity index is 3.62. The first-order chi connectivity index (χ1) is 6.57. The topological polar surface area (TPSA) is 35.5 Å². The molecule has 0 aliphatic carbocycles. The normalized spacial score (nSPS) is 9.57. The number of carbonyl (C=O) groups excluding carboxylic acids is 1. The fraction of sp³-hybridized carbons (Fsp3) is 0.545. The SMILES string of the molecule is C=C(C)COCC(=C)C(=O)OCCC. The molecule has 0 aromatic carbocycles. The molecule has 0 amide bonds. The number of hydrogen-bond acceptors (Lipinski definition) is 3. The van der Waals surface area contributed by atoms with E-state index in [2.05, 4.69) is 13.2 Å². The Morgan fingerprint density at radius 2 is 1.93 bits per heavy atom. The summed E-state index contributed by atoms with van der Waals surface area (Å²) in [5, 5.41) is 0. The Morgan fingerprint density at radius 1 is 1.29 bits per heavy atom. The van der Waals surface area contributed by atoms with E-state index in [0.717, 1.165) is 12.0 Å². The van der Waals surface area contributed by atoms with Gasteiger partial charge in [-0.1, -0.05) is 25.7 Å². The van der Waals surface area contributed by atoms with Crippen molar-refractivity contribution in [3.63, 3.8) is 0 Å². The molecule has 80 valence electrons. The molecule has 0 N–H and O–H groups in total. The van der Waals surface area contributed by atoms with E-state index in [9.17, 15) is 4.79 Å². The number of ether oxygens (including phenoxy) is 2. The highest BCUT2D eigenvalue weighted by Gasteiger charge is 2.07. The summed E-state index contributed by atoms with van der Waals surface area (Å²) in [4.78, 5) is 11.2. The van der Waals surface area contributed by atoms with Crippen LogP contribution in [-0.2, 0) is 14.3 Å². The van der Waals surface area contributed by atoms with E-state index in [1.165, 1.54) is 0 Å². The van der Waals surface area contributed by atoms with Crippen molar-refractivity contribution in [3.05, 3.63) is 24.3 Å². The van der Waals surface area contributed by atoms with Crippen molar-refractivity contribution in [2.24, 2.45) is 0 Å². The summed E-state index contributed by atoms with van der Waals surface area (Å²) in [6.07, 6.45) is 0.811. The van der Waals surface area contributed by atoms with E-state index >= 15 is 0 Å². The predicted octanol–water partition coefficient (Wildman–Crippen LogP) is 2.09. The molecule has 3 nitrogen and oxygen atoms in total. The first-order valence-electron chi connectivity index (χ1n) is 4.65. The third-order valence-electron chi connectivity index (χ3n) is 1.35. The molecule has 0 atom stereocenters. The lowest BCUT2D eigenvalue weighted by atomic mass is 10.3. The molecule has 0 aromatic rings. The zero-order valence-electron chi connectivity index (χ0n) is 8.97. The second-order valence-corrected chi connectivity index (χ2v) is 3.19. The van der Waals surface area contributed by atoms with Gasteiger partial charge in [0.2, 0.25) is 0 Å². The molecule has 0 saturated heterocycles. The molecule has 0 aromatic heterocycles. The maximum Gasteiger partial charge on any atom is 0.335 e. The van der Waals surface area contributed by atoms with E-state index in [1.807, 2.05) is 13.8 Å². The Morgan fingerprint density at radius 3 is 2.43 bits per heavy atom. The number of hydrogen-bond donors (Lipinski definition) is 0. The molecular formula is C11H18O3. The van der Waals surface area contributed by atoms with Crippen LogP contribution in [-0.4, -0.2) is 25.8 Å². The smallest absolute Gasteiger partial charge is 0.335 e. The molecule has 0 rings (SSSR count). The van der Waals surface area contributed by atoms with Crippen LogP contribution in [0.5, 0.6) is 0 Å². The van der Waals surface area contributed by atoms with Crippen molar-refractivity contribution >= 4 is 5.97 Å². The Labute approximate surface area is 85.4 Å². The molecule has 0 fully saturated rings. The summed E-state index contributed by atoms with van der Waals surface area (Å²) < 4.78 is 10.0. The summed E-state index contributed by atoms with van der Waals surface area (Å²) in [5.74, 6) is -0.381. The maximum atomic E-state index is 11.2. The fourth-order valence-electron chi connectivity index (χ4n) is 0.704. The minimum Gasteiger partial charge on any atom is -0.462 e. The van der Waals surface area contributed by atoms with E-state index in [0.29, 0.717) is 18.8 Å². The molecule has 0 radical (unpaired) electrons. The average molecular weight is 198 g/mol. The lowest BCUT2D eigenvalue weighted by molar-refractivity contribution is -0.139. The first kappa shape index (κ1) is 12.9. The third kappa shape index (κ3) is 6.43. The molecule has 0 aliphatic rings. The van der Waals surface area contributed by atoms with Gasteiger partial charge in [-0.05, 0) is 13.3 Å². The maximum absolute atomic E-state index is 11.2. The van der Waals surface area contributed by atoms with Gasteiger partial charge < -0.3 is 9.47 Å². The minimum absolute atomic E-state index is 0.204. The van der Waals surface area contributed by atoms with Gasteiger partial charge in [-0.3, -0.25) is 0 Å². The second kappa shape index (κ2) is 7.33. The van der Waals surface area contributed by atoms with E-state index in [1.54, 1.807) is 0 Å². The van der Waals surface area contributed by atoms with Gasteiger partial charge in [-0.2, -0.15) is 0 Å². The molecule has 14 heavy (non-hydrogen) atoms. The van der Waals surface area contributed by atoms with Gasteiger partial charge in [-0.25, -0.2) is 4.79 Å². The third-order valence-corrected chi connectivity index (χ3v) is 1.35. The molecular weight excluding hydrogens is 180 g/mol. The van der Waals surface area contributed by atoms with E-state index in [-0.39, 0.29) is 12.6 Å². The summed E-state index contributed by atoms with van der Waals surface area (Å²) in [6, 6.07) is 0. The van der Waals surface area contributed by atoms with Crippen LogP contribution in [0.2, 0.25) is 0 Å². The Bertz CT molecular complexity index is 219. The first-order valence-corrected chi connectivity index (χ1v) is 4.65. The van der Waals surface area contributed by atoms with Crippen LogP contribution in [0.15, 0.2) is 24.3 Å². The minimum atomic E-state index is -0.381. The highest BCUT2D eigenvalue weighted by molar-refractivity contribution is 5.87. The fourth-order valence-corrected chi connectivity index (χ4v) is 0.704. The van der Waals surface area contributed by atoms with Crippen molar-refractivity contribution in [2.45, 2.75) is 20.3 Å². The van der Waals surface area contributed by atoms with Crippen LogP contribution in [0.3, 0.4) is 0 Å². The van der Waals surface area contributed by atoms with Crippen molar-refractivity contribution < 1.29 is 14.3 Å². The monoisotopic (exact) mass is 198 g/mol. The molecule has 3 heteroatoms. The molecule has 0 heterocycles. The van der Waals surface area contributed by atoms with Crippen molar-refractivity contribution in [1.82, 2.24) is 0 Å². The summed E-state index contributed by atoms with van der Waals surface area (Å²) >= 11 is 0. The van der Waals surface area contributed by atoms with Crippen LogP contribution in [0.25, 0.3) is 0 Å². The van der Waals surface area contributed by atoms with Crippen LogP contribution in [0, 0.1) is 0 Å². The lowest BCUT2D eigenvalue weighted by Gasteiger charge is -2.06. The molecule has 0 spiro atoms. The standard InChI is InChI=1S/C11H18O3/c1-5-6-14-11(12)10(4)8-13-7-9(2)3/h2,4-8H2,1,3H3. The molecule has 0 saturated carbocycles. The predicted molar refractivity (Wildman–Crippen MR) is 56.0 cm³/mol. The summed E-state index contributed by atoms with van der Waals surface area (Å²) in [7, 11) is 0. The van der Waals surface area contributed by atoms with E-state index < -0.39 is 0 Å². The van der Waals surface area contributed by atoms with Crippen LogP contribution in [0.4, 0.5) is 0 Å². The zero-order valence-corrected chi connectivity index (χ0v) is 8.97. The average Bonchev–Trinajstić information content (AvgIpc) is 2.13. The van der Waals surface area contributed by atoms with Gasteiger partial charge >= 0.3 is 5.97 Å².